The van der Waals surface area contributed by atoms with Crippen molar-refractivity contribution in [3.63, 3.8) is 0 Å². The minimum Gasteiger partial charge on any atom is -0.462 e. The Labute approximate surface area is 178 Å². The smallest absolute Gasteiger partial charge is 0.339 e. The van der Waals surface area contributed by atoms with E-state index in [-0.39, 0.29) is 52.0 Å². The van der Waals surface area contributed by atoms with E-state index in [0.717, 1.165) is 18.2 Å². The molecule has 0 fully saturated rings. The lowest BCUT2D eigenvalue weighted by molar-refractivity contribution is -0.155. The highest BCUT2D eigenvalue weighted by Gasteiger charge is 2.23. The van der Waals surface area contributed by atoms with Crippen molar-refractivity contribution in [3.05, 3.63) is 51.5 Å². The van der Waals surface area contributed by atoms with Gasteiger partial charge in [0.1, 0.15) is 5.60 Å². The van der Waals surface area contributed by atoms with Crippen LogP contribution in [0, 0.1) is 0 Å². The number of rotatable bonds is 6. The normalized spacial score (nSPS) is 13.9. The van der Waals surface area contributed by atoms with Gasteiger partial charge in [-0.15, -0.1) is 0 Å². The van der Waals surface area contributed by atoms with Crippen molar-refractivity contribution in [3.8, 4) is 0 Å². The fourth-order valence-corrected chi connectivity index (χ4v) is 3.01. The molecule has 0 heterocycles. The molecule has 1 aromatic carbocycles. The molecule has 0 saturated carbocycles. The van der Waals surface area contributed by atoms with Gasteiger partial charge in [-0.05, 0) is 57.6 Å². The lowest BCUT2D eigenvalue weighted by Gasteiger charge is -2.19. The molecule has 1 aliphatic rings. The first kappa shape index (κ1) is 22.8. The molecular formula is C21H20Cl2O6. The van der Waals surface area contributed by atoms with E-state index in [4.69, 9.17) is 32.7 Å². The summed E-state index contributed by atoms with van der Waals surface area (Å²) in [4.78, 5) is 47.8. The van der Waals surface area contributed by atoms with E-state index < -0.39 is 23.3 Å². The van der Waals surface area contributed by atoms with Crippen molar-refractivity contribution < 1.29 is 28.7 Å². The van der Waals surface area contributed by atoms with E-state index in [0.29, 0.717) is 0 Å². The average Bonchev–Trinajstić information content (AvgIpc) is 2.61. The highest BCUT2D eigenvalue weighted by Crippen LogP contribution is 2.33. The fourth-order valence-electron chi connectivity index (χ4n) is 2.51. The molecule has 8 heteroatoms. The molecule has 29 heavy (non-hydrogen) atoms. The van der Waals surface area contributed by atoms with Gasteiger partial charge < -0.3 is 9.47 Å². The third-order valence-corrected chi connectivity index (χ3v) is 4.30. The Balaban J connectivity index is 2.08. The number of ether oxygens (including phenoxy) is 2. The number of esters is 2. The van der Waals surface area contributed by atoms with E-state index in [1.54, 1.807) is 20.8 Å². The summed E-state index contributed by atoms with van der Waals surface area (Å²) in [6.07, 6.45) is 3.77. The van der Waals surface area contributed by atoms with Crippen LogP contribution in [0.2, 0.25) is 10.0 Å². The number of carbonyl (C=O) groups excluding carboxylic acids is 4. The first-order valence-corrected chi connectivity index (χ1v) is 9.60. The SMILES string of the molecule is CC(C)(C)OC(=O)CCCOC(=O)c1cc(Cl)cc(C2=CC(=O)C=CC2=O)c1Cl. The molecule has 0 saturated heterocycles. The van der Waals surface area contributed by atoms with Gasteiger partial charge in [-0.1, -0.05) is 23.2 Å². The quantitative estimate of drug-likeness (QED) is 0.372. The van der Waals surface area contributed by atoms with Gasteiger partial charge >= 0.3 is 11.9 Å². The van der Waals surface area contributed by atoms with Crippen molar-refractivity contribution in [1.29, 1.82) is 0 Å². The van der Waals surface area contributed by atoms with Crippen molar-refractivity contribution >= 4 is 52.3 Å². The Hall–Kier alpha value is -2.44. The average molecular weight is 439 g/mol. The van der Waals surface area contributed by atoms with E-state index in [1.807, 2.05) is 0 Å². The monoisotopic (exact) mass is 438 g/mol. The summed E-state index contributed by atoms with van der Waals surface area (Å²) >= 11 is 12.4. The van der Waals surface area contributed by atoms with Crippen LogP contribution >= 0.6 is 23.2 Å². The van der Waals surface area contributed by atoms with Crippen molar-refractivity contribution in [2.45, 2.75) is 39.2 Å². The molecular weight excluding hydrogens is 419 g/mol. The van der Waals surface area contributed by atoms with Crippen LogP contribution in [0.5, 0.6) is 0 Å². The predicted molar refractivity (Wildman–Crippen MR) is 109 cm³/mol. The Bertz CT molecular complexity index is 922. The highest BCUT2D eigenvalue weighted by molar-refractivity contribution is 6.42. The molecule has 6 nitrogen and oxygen atoms in total. The molecule has 0 aromatic heterocycles. The standard InChI is InChI=1S/C21H20Cl2O6/c1-21(2,3)29-18(26)5-4-8-28-20(27)16-10-12(22)9-15(19(16)23)14-11-13(24)6-7-17(14)25/h6-7,9-11H,4-5,8H2,1-3H3. The zero-order valence-corrected chi connectivity index (χ0v) is 17.7. The Morgan fingerprint density at radius 1 is 1.07 bits per heavy atom. The largest absolute Gasteiger partial charge is 0.462 e. The second kappa shape index (κ2) is 9.37. The molecule has 0 N–H and O–H groups in total. The minimum atomic E-state index is -0.756. The van der Waals surface area contributed by atoms with Gasteiger partial charge in [0.2, 0.25) is 0 Å². The van der Waals surface area contributed by atoms with E-state index in [9.17, 15) is 19.2 Å². The summed E-state index contributed by atoms with van der Waals surface area (Å²) < 4.78 is 10.3. The number of benzene rings is 1. The highest BCUT2D eigenvalue weighted by atomic mass is 35.5. The van der Waals surface area contributed by atoms with Crippen LogP contribution in [0.25, 0.3) is 5.57 Å². The van der Waals surface area contributed by atoms with Gasteiger partial charge in [0.25, 0.3) is 0 Å². The number of halogens is 2. The maximum Gasteiger partial charge on any atom is 0.339 e. The molecule has 2 rings (SSSR count). The zero-order valence-electron chi connectivity index (χ0n) is 16.2. The van der Waals surface area contributed by atoms with Gasteiger partial charge in [-0.25, -0.2) is 4.79 Å². The number of carbonyl (C=O) groups is 4. The van der Waals surface area contributed by atoms with Crippen LogP contribution in [-0.4, -0.2) is 35.7 Å². The van der Waals surface area contributed by atoms with E-state index in [1.165, 1.54) is 12.1 Å². The Kier molecular flexibility index (Phi) is 7.38. The van der Waals surface area contributed by atoms with Gasteiger partial charge in [0, 0.05) is 22.6 Å². The molecule has 0 amide bonds. The van der Waals surface area contributed by atoms with Crippen LogP contribution in [0.3, 0.4) is 0 Å². The molecule has 0 spiro atoms. The second-order valence-electron chi connectivity index (χ2n) is 7.30. The summed E-state index contributed by atoms with van der Waals surface area (Å²) in [6.45, 7) is 5.26. The first-order valence-electron chi connectivity index (χ1n) is 8.84. The topological polar surface area (TPSA) is 86.7 Å². The summed E-state index contributed by atoms with van der Waals surface area (Å²) in [5.41, 5.74) is -0.408. The van der Waals surface area contributed by atoms with Crippen molar-refractivity contribution in [2.75, 3.05) is 6.61 Å². The van der Waals surface area contributed by atoms with Gasteiger partial charge in [0.15, 0.2) is 11.6 Å². The van der Waals surface area contributed by atoms with Crippen LogP contribution in [0.15, 0.2) is 30.4 Å². The molecule has 154 valence electrons. The van der Waals surface area contributed by atoms with Gasteiger partial charge in [0.05, 0.1) is 17.2 Å². The van der Waals surface area contributed by atoms with E-state index in [2.05, 4.69) is 0 Å². The molecule has 0 unspecified atom stereocenters. The summed E-state index contributed by atoms with van der Waals surface area (Å²) in [7, 11) is 0. The number of ketones is 2. The van der Waals surface area contributed by atoms with Crippen LogP contribution in [0.4, 0.5) is 0 Å². The molecule has 0 bridgehead atoms. The fraction of sp³-hybridized carbons (Fsp3) is 0.333. The Morgan fingerprint density at radius 3 is 2.41 bits per heavy atom. The molecule has 0 atom stereocenters. The van der Waals surface area contributed by atoms with Crippen molar-refractivity contribution in [2.24, 2.45) is 0 Å². The van der Waals surface area contributed by atoms with Crippen LogP contribution in [-0.2, 0) is 23.9 Å². The van der Waals surface area contributed by atoms with Crippen LogP contribution in [0.1, 0.15) is 49.5 Å². The van der Waals surface area contributed by atoms with Gasteiger partial charge in [-0.2, -0.15) is 0 Å². The predicted octanol–water partition coefficient (Wildman–Crippen LogP) is 4.36. The zero-order chi connectivity index (χ0) is 21.8. The summed E-state index contributed by atoms with van der Waals surface area (Å²) in [6, 6.07) is 2.72. The molecule has 0 aliphatic heterocycles. The molecule has 1 aliphatic carbocycles. The lowest BCUT2D eigenvalue weighted by Crippen LogP contribution is -2.24. The summed E-state index contributed by atoms with van der Waals surface area (Å²) in [5, 5.41) is 0.107. The number of hydrogen-bond donors (Lipinski definition) is 0. The van der Waals surface area contributed by atoms with Gasteiger partial charge in [-0.3, -0.25) is 14.4 Å². The third kappa shape index (κ3) is 6.54. The van der Waals surface area contributed by atoms with E-state index >= 15 is 0 Å². The summed E-state index contributed by atoms with van der Waals surface area (Å²) in [5.74, 6) is -1.95. The maximum absolute atomic E-state index is 12.4. The lowest BCUT2D eigenvalue weighted by atomic mass is 9.95. The molecule has 1 aromatic rings. The van der Waals surface area contributed by atoms with Crippen LogP contribution < -0.4 is 0 Å². The third-order valence-electron chi connectivity index (χ3n) is 3.68. The minimum absolute atomic E-state index is 0.0287. The first-order chi connectivity index (χ1) is 13.5. The maximum atomic E-state index is 12.4. The second-order valence-corrected chi connectivity index (χ2v) is 8.11. The number of allylic oxidation sites excluding steroid dienone is 4. The van der Waals surface area contributed by atoms with Crippen molar-refractivity contribution in [1.82, 2.24) is 0 Å². The number of hydrogen-bond acceptors (Lipinski definition) is 6. The molecule has 0 radical (unpaired) electrons. The Morgan fingerprint density at radius 2 is 1.76 bits per heavy atom.